The lowest BCUT2D eigenvalue weighted by molar-refractivity contribution is 0.112. The molecule has 100 valence electrons. The van der Waals surface area contributed by atoms with Crippen LogP contribution in [0.5, 0.6) is 11.5 Å². The first-order valence-electron chi connectivity index (χ1n) is 5.28. The molecule has 0 spiro atoms. The summed E-state index contributed by atoms with van der Waals surface area (Å²) in [7, 11) is 3.15. The van der Waals surface area contributed by atoms with Gasteiger partial charge < -0.3 is 9.47 Å². The Labute approximate surface area is 119 Å². The van der Waals surface area contributed by atoms with Crippen LogP contribution >= 0.6 is 15.9 Å². The molecule has 0 saturated carbocycles. The highest BCUT2D eigenvalue weighted by Gasteiger charge is 1.92. The van der Waals surface area contributed by atoms with Crippen molar-refractivity contribution in [3.8, 4) is 11.5 Å². The summed E-state index contributed by atoms with van der Waals surface area (Å²) in [5.41, 5.74) is 0.527. The van der Waals surface area contributed by atoms with Crippen LogP contribution < -0.4 is 9.47 Å². The van der Waals surface area contributed by atoms with Gasteiger partial charge in [0.05, 0.1) is 26.6 Å². The highest BCUT2D eigenvalue weighted by atomic mass is 79.9. The van der Waals surface area contributed by atoms with Crippen LogP contribution in [0.25, 0.3) is 0 Å². The number of halogens is 1. The van der Waals surface area contributed by atoms with Gasteiger partial charge in [-0.15, -0.1) is 0 Å². The number of carbonyl (C=O) groups is 1. The Morgan fingerprint density at radius 1 is 1.00 bits per heavy atom. The highest BCUT2D eigenvalue weighted by Crippen LogP contribution is 2.14. The average Bonchev–Trinajstić information content (AvgIpc) is 2.48. The molecule has 0 aliphatic carbocycles. The van der Waals surface area contributed by atoms with Crippen LogP contribution in [0, 0.1) is 0 Å². The molecule has 0 aliphatic heterocycles. The molecule has 0 saturated heterocycles. The first kappa shape index (κ1) is 15.1. The second kappa shape index (κ2) is 8.20. The third kappa shape index (κ3) is 5.48. The van der Waals surface area contributed by atoms with Crippen molar-refractivity contribution in [2.45, 2.75) is 0 Å². The Morgan fingerprint density at radius 3 is 2.05 bits per heavy atom. The molecule has 0 atom stereocenters. The summed E-state index contributed by atoms with van der Waals surface area (Å²) >= 11 is 3.26. The first-order chi connectivity index (χ1) is 9.19. The molecular weight excluding hydrogens is 312 g/mol. The zero-order valence-electron chi connectivity index (χ0n) is 10.5. The van der Waals surface area contributed by atoms with Crippen LogP contribution in [0.1, 0.15) is 10.4 Å². The van der Waals surface area contributed by atoms with Crippen molar-refractivity contribution < 1.29 is 14.3 Å². The Bertz CT molecular complexity index is 535. The van der Waals surface area contributed by atoms with Crippen molar-refractivity contribution >= 4 is 22.2 Å². The van der Waals surface area contributed by atoms with E-state index in [2.05, 4.69) is 25.9 Å². The molecule has 0 aromatic carbocycles. The monoisotopic (exact) mass is 324 g/mol. The fourth-order valence-electron chi connectivity index (χ4n) is 1.12. The molecule has 0 aliphatic rings. The number of aldehydes is 1. The average molecular weight is 325 g/mol. The SMILES string of the molecule is COc1cncc(Br)c1.COc1cncc(C=O)c1. The van der Waals surface area contributed by atoms with Crippen molar-refractivity contribution in [2.24, 2.45) is 0 Å². The number of nitrogens with zero attached hydrogens (tertiary/aromatic N) is 2. The number of hydrogen-bond acceptors (Lipinski definition) is 5. The predicted octanol–water partition coefficient (Wildman–Crippen LogP) is 2.76. The van der Waals surface area contributed by atoms with Gasteiger partial charge >= 0.3 is 0 Å². The summed E-state index contributed by atoms with van der Waals surface area (Å²) in [4.78, 5) is 17.8. The number of pyridine rings is 2. The Hall–Kier alpha value is -1.95. The van der Waals surface area contributed by atoms with Crippen molar-refractivity contribution in [1.82, 2.24) is 9.97 Å². The normalized spacial score (nSPS) is 9.00. The lowest BCUT2D eigenvalue weighted by Gasteiger charge is -1.96. The van der Waals surface area contributed by atoms with Gasteiger partial charge in [0.25, 0.3) is 0 Å². The van der Waals surface area contributed by atoms with E-state index in [1.807, 2.05) is 6.07 Å². The summed E-state index contributed by atoms with van der Waals surface area (Å²) in [5, 5.41) is 0. The Kier molecular flexibility index (Phi) is 6.52. The summed E-state index contributed by atoms with van der Waals surface area (Å²) in [6.45, 7) is 0. The van der Waals surface area contributed by atoms with Gasteiger partial charge in [0, 0.05) is 22.4 Å². The number of methoxy groups -OCH3 is 2. The van der Waals surface area contributed by atoms with Gasteiger partial charge in [-0.1, -0.05) is 0 Å². The molecular formula is C13H13BrN2O3. The van der Waals surface area contributed by atoms with E-state index in [-0.39, 0.29) is 0 Å². The van der Waals surface area contributed by atoms with Gasteiger partial charge in [0.15, 0.2) is 6.29 Å². The molecule has 6 heteroatoms. The number of hydrogen-bond donors (Lipinski definition) is 0. The minimum absolute atomic E-state index is 0.527. The third-order valence-corrected chi connectivity index (χ3v) is 2.46. The van der Waals surface area contributed by atoms with Crippen molar-refractivity contribution in [3.05, 3.63) is 47.0 Å². The summed E-state index contributed by atoms with van der Waals surface area (Å²) < 4.78 is 10.7. The van der Waals surface area contributed by atoms with Gasteiger partial charge in [-0.2, -0.15) is 0 Å². The van der Waals surface area contributed by atoms with E-state index in [9.17, 15) is 4.79 Å². The number of ether oxygens (including phenoxy) is 2. The largest absolute Gasteiger partial charge is 0.495 e. The second-order valence-electron chi connectivity index (χ2n) is 3.32. The third-order valence-electron chi connectivity index (χ3n) is 2.02. The van der Waals surface area contributed by atoms with Gasteiger partial charge in [-0.25, -0.2) is 0 Å². The van der Waals surface area contributed by atoms with E-state index in [4.69, 9.17) is 9.47 Å². The van der Waals surface area contributed by atoms with E-state index in [0.29, 0.717) is 11.3 Å². The van der Waals surface area contributed by atoms with Crippen LogP contribution in [-0.2, 0) is 0 Å². The van der Waals surface area contributed by atoms with Gasteiger partial charge in [-0.05, 0) is 28.1 Å². The fraction of sp³-hybridized carbons (Fsp3) is 0.154. The quantitative estimate of drug-likeness (QED) is 0.812. The molecule has 0 fully saturated rings. The van der Waals surface area contributed by atoms with Crippen LogP contribution in [0.3, 0.4) is 0 Å². The maximum absolute atomic E-state index is 10.2. The molecule has 0 unspecified atom stereocenters. The maximum atomic E-state index is 10.2. The van der Waals surface area contributed by atoms with E-state index < -0.39 is 0 Å². The molecule has 19 heavy (non-hydrogen) atoms. The number of carbonyl (C=O) groups excluding carboxylic acids is 1. The zero-order valence-corrected chi connectivity index (χ0v) is 12.1. The predicted molar refractivity (Wildman–Crippen MR) is 74.7 cm³/mol. The minimum Gasteiger partial charge on any atom is -0.495 e. The number of aromatic nitrogens is 2. The van der Waals surface area contributed by atoms with E-state index >= 15 is 0 Å². The molecule has 0 amide bonds. The molecule has 0 bridgehead atoms. The van der Waals surface area contributed by atoms with Crippen molar-refractivity contribution in [3.63, 3.8) is 0 Å². The fourth-order valence-corrected chi connectivity index (χ4v) is 1.46. The lowest BCUT2D eigenvalue weighted by Crippen LogP contribution is -1.86. The molecule has 2 aromatic rings. The Balaban J connectivity index is 0.000000191. The van der Waals surface area contributed by atoms with E-state index in [1.165, 1.54) is 13.3 Å². The summed E-state index contributed by atoms with van der Waals surface area (Å²) in [6, 6.07) is 3.48. The minimum atomic E-state index is 0.527. The van der Waals surface area contributed by atoms with Crippen LogP contribution in [0.4, 0.5) is 0 Å². The molecule has 0 radical (unpaired) electrons. The number of rotatable bonds is 3. The topological polar surface area (TPSA) is 61.3 Å². The van der Waals surface area contributed by atoms with Crippen LogP contribution in [0.2, 0.25) is 0 Å². The summed E-state index contributed by atoms with van der Waals surface area (Å²) in [5.74, 6) is 1.37. The molecule has 5 nitrogen and oxygen atoms in total. The zero-order chi connectivity index (χ0) is 14.1. The smallest absolute Gasteiger partial charge is 0.151 e. The van der Waals surface area contributed by atoms with E-state index in [1.54, 1.807) is 31.8 Å². The molecule has 0 N–H and O–H groups in total. The second-order valence-corrected chi connectivity index (χ2v) is 4.23. The molecule has 2 rings (SSSR count). The molecule has 2 aromatic heterocycles. The van der Waals surface area contributed by atoms with Gasteiger partial charge in [-0.3, -0.25) is 14.8 Å². The van der Waals surface area contributed by atoms with Gasteiger partial charge in [0.1, 0.15) is 11.5 Å². The lowest BCUT2D eigenvalue weighted by atomic mass is 10.3. The highest BCUT2D eigenvalue weighted by molar-refractivity contribution is 9.10. The van der Waals surface area contributed by atoms with Gasteiger partial charge in [0.2, 0.25) is 0 Å². The van der Waals surface area contributed by atoms with Crippen molar-refractivity contribution in [1.29, 1.82) is 0 Å². The standard InChI is InChI=1S/C7H7NO2.C6H6BrNO/c1-10-7-2-6(5-9)3-8-4-7;1-9-6-2-5(7)3-8-4-6/h2-5H,1H3;2-4H,1H3. The maximum Gasteiger partial charge on any atom is 0.151 e. The van der Waals surface area contributed by atoms with Crippen molar-refractivity contribution in [2.75, 3.05) is 14.2 Å². The molecule has 2 heterocycles. The first-order valence-corrected chi connectivity index (χ1v) is 6.07. The Morgan fingerprint density at radius 2 is 1.58 bits per heavy atom. The van der Waals surface area contributed by atoms with E-state index in [0.717, 1.165) is 16.5 Å². The van der Waals surface area contributed by atoms with Crippen LogP contribution in [0.15, 0.2) is 41.4 Å². The van der Waals surface area contributed by atoms with Crippen LogP contribution in [-0.4, -0.2) is 30.5 Å². The summed E-state index contributed by atoms with van der Waals surface area (Å²) in [6.07, 6.45) is 7.13.